The molecule has 16 heavy (non-hydrogen) atoms. The maximum atomic E-state index is 5.67. The molecule has 0 bridgehead atoms. The summed E-state index contributed by atoms with van der Waals surface area (Å²) in [7, 11) is 0. The minimum absolute atomic E-state index is 0.642. The van der Waals surface area contributed by atoms with E-state index in [9.17, 15) is 0 Å². The molecule has 2 aromatic heterocycles. The summed E-state index contributed by atoms with van der Waals surface area (Å²) in [6.45, 7) is 2.04. The quantitative estimate of drug-likeness (QED) is 0.619. The standard InChI is InChI=1S/C13H10N2O/c1-9-2-3-12-11(8-9)15-13(16-12)10-4-6-14-7-5-10/h2-8H,1H3. The van der Waals surface area contributed by atoms with Crippen LogP contribution in [0.4, 0.5) is 0 Å². The predicted octanol–water partition coefficient (Wildman–Crippen LogP) is 3.20. The van der Waals surface area contributed by atoms with Crippen LogP contribution in [0.25, 0.3) is 22.6 Å². The minimum atomic E-state index is 0.642. The molecule has 0 saturated carbocycles. The zero-order chi connectivity index (χ0) is 11.0. The highest BCUT2D eigenvalue weighted by Gasteiger charge is 2.07. The Labute approximate surface area is 92.8 Å². The molecule has 0 fully saturated rings. The molecule has 3 aromatic rings. The number of aryl methyl sites for hydroxylation is 1. The van der Waals surface area contributed by atoms with Crippen molar-refractivity contribution >= 4 is 11.1 Å². The van der Waals surface area contributed by atoms with Crippen molar-refractivity contribution in [2.75, 3.05) is 0 Å². The zero-order valence-electron chi connectivity index (χ0n) is 8.84. The maximum Gasteiger partial charge on any atom is 0.227 e. The first-order valence-corrected chi connectivity index (χ1v) is 5.10. The molecule has 0 aliphatic carbocycles. The summed E-state index contributed by atoms with van der Waals surface area (Å²) in [5.74, 6) is 0.642. The molecule has 0 N–H and O–H groups in total. The number of rotatable bonds is 1. The highest BCUT2D eigenvalue weighted by atomic mass is 16.3. The second-order valence-corrected chi connectivity index (χ2v) is 3.73. The van der Waals surface area contributed by atoms with Crippen molar-refractivity contribution in [3.05, 3.63) is 48.3 Å². The predicted molar refractivity (Wildman–Crippen MR) is 62.0 cm³/mol. The number of nitrogens with zero attached hydrogens (tertiary/aromatic N) is 2. The van der Waals surface area contributed by atoms with Crippen molar-refractivity contribution in [1.82, 2.24) is 9.97 Å². The van der Waals surface area contributed by atoms with Gasteiger partial charge in [0, 0.05) is 18.0 Å². The molecular formula is C13H10N2O. The SMILES string of the molecule is Cc1ccc2oc(-c3ccncc3)nc2c1. The van der Waals surface area contributed by atoms with Crippen molar-refractivity contribution < 1.29 is 4.42 Å². The number of hydrogen-bond acceptors (Lipinski definition) is 3. The van der Waals surface area contributed by atoms with Crippen LogP contribution < -0.4 is 0 Å². The summed E-state index contributed by atoms with van der Waals surface area (Å²) in [5.41, 5.74) is 3.84. The van der Waals surface area contributed by atoms with E-state index in [-0.39, 0.29) is 0 Å². The molecule has 1 aromatic carbocycles. The molecule has 0 aliphatic heterocycles. The van der Waals surface area contributed by atoms with Crippen LogP contribution in [0.3, 0.4) is 0 Å². The van der Waals surface area contributed by atoms with Gasteiger partial charge in [-0.1, -0.05) is 6.07 Å². The fourth-order valence-corrected chi connectivity index (χ4v) is 1.66. The monoisotopic (exact) mass is 210 g/mol. The lowest BCUT2D eigenvalue weighted by molar-refractivity contribution is 0.619. The third-order valence-corrected chi connectivity index (χ3v) is 2.47. The van der Waals surface area contributed by atoms with Gasteiger partial charge in [0.25, 0.3) is 0 Å². The lowest BCUT2D eigenvalue weighted by Crippen LogP contribution is -1.77. The van der Waals surface area contributed by atoms with Gasteiger partial charge in [-0.2, -0.15) is 0 Å². The molecule has 0 spiro atoms. The van der Waals surface area contributed by atoms with Crippen LogP contribution >= 0.6 is 0 Å². The molecule has 2 heterocycles. The summed E-state index contributed by atoms with van der Waals surface area (Å²) < 4.78 is 5.67. The molecule has 0 atom stereocenters. The number of benzene rings is 1. The van der Waals surface area contributed by atoms with Gasteiger partial charge in [-0.3, -0.25) is 4.98 Å². The van der Waals surface area contributed by atoms with E-state index < -0.39 is 0 Å². The molecular weight excluding hydrogens is 200 g/mol. The van der Waals surface area contributed by atoms with Crippen molar-refractivity contribution in [2.24, 2.45) is 0 Å². The van der Waals surface area contributed by atoms with Crippen LogP contribution in [0.15, 0.2) is 47.1 Å². The number of aromatic nitrogens is 2. The van der Waals surface area contributed by atoms with Gasteiger partial charge in [0.05, 0.1) is 0 Å². The Hall–Kier alpha value is -2.16. The van der Waals surface area contributed by atoms with Gasteiger partial charge in [-0.25, -0.2) is 4.98 Å². The van der Waals surface area contributed by atoms with Gasteiger partial charge >= 0.3 is 0 Å². The van der Waals surface area contributed by atoms with Crippen LogP contribution in [-0.2, 0) is 0 Å². The minimum Gasteiger partial charge on any atom is -0.436 e. The average molecular weight is 210 g/mol. The lowest BCUT2D eigenvalue weighted by Gasteiger charge is -1.91. The fourth-order valence-electron chi connectivity index (χ4n) is 1.66. The van der Waals surface area contributed by atoms with Gasteiger partial charge in [0.2, 0.25) is 5.89 Å². The van der Waals surface area contributed by atoms with Gasteiger partial charge < -0.3 is 4.42 Å². The third-order valence-electron chi connectivity index (χ3n) is 2.47. The van der Waals surface area contributed by atoms with Gasteiger partial charge in [-0.05, 0) is 36.8 Å². The molecule has 0 saturated heterocycles. The molecule has 0 amide bonds. The maximum absolute atomic E-state index is 5.67. The van der Waals surface area contributed by atoms with Crippen LogP contribution in [0.5, 0.6) is 0 Å². The molecule has 78 valence electrons. The second-order valence-electron chi connectivity index (χ2n) is 3.73. The lowest BCUT2D eigenvalue weighted by atomic mass is 10.2. The van der Waals surface area contributed by atoms with E-state index in [0.717, 1.165) is 16.7 Å². The second kappa shape index (κ2) is 3.45. The Morgan fingerprint density at radius 1 is 1.06 bits per heavy atom. The van der Waals surface area contributed by atoms with Crippen molar-refractivity contribution in [2.45, 2.75) is 6.92 Å². The van der Waals surface area contributed by atoms with Crippen molar-refractivity contribution in [3.8, 4) is 11.5 Å². The van der Waals surface area contributed by atoms with Crippen LogP contribution in [0.2, 0.25) is 0 Å². The summed E-state index contributed by atoms with van der Waals surface area (Å²) >= 11 is 0. The molecule has 3 nitrogen and oxygen atoms in total. The average Bonchev–Trinajstić information content (AvgIpc) is 2.73. The number of hydrogen-bond donors (Lipinski definition) is 0. The molecule has 0 aliphatic rings. The summed E-state index contributed by atoms with van der Waals surface area (Å²) in [4.78, 5) is 8.42. The first-order valence-electron chi connectivity index (χ1n) is 5.10. The normalized spacial score (nSPS) is 10.8. The van der Waals surface area contributed by atoms with Gasteiger partial charge in [0.1, 0.15) is 5.52 Å². The third kappa shape index (κ3) is 1.46. The Balaban J connectivity index is 2.19. The van der Waals surface area contributed by atoms with E-state index in [1.54, 1.807) is 12.4 Å². The van der Waals surface area contributed by atoms with Crippen molar-refractivity contribution in [1.29, 1.82) is 0 Å². The number of pyridine rings is 1. The summed E-state index contributed by atoms with van der Waals surface area (Å²) in [6.07, 6.45) is 3.46. The van der Waals surface area contributed by atoms with Crippen LogP contribution in [0, 0.1) is 6.92 Å². The summed E-state index contributed by atoms with van der Waals surface area (Å²) in [5, 5.41) is 0. The molecule has 0 unspecified atom stereocenters. The van der Waals surface area contributed by atoms with Crippen molar-refractivity contribution in [3.63, 3.8) is 0 Å². The van der Waals surface area contributed by atoms with Gasteiger partial charge in [0.15, 0.2) is 5.58 Å². The summed E-state index contributed by atoms with van der Waals surface area (Å²) in [6, 6.07) is 9.75. The Morgan fingerprint density at radius 2 is 1.88 bits per heavy atom. The highest BCUT2D eigenvalue weighted by Crippen LogP contribution is 2.23. The van der Waals surface area contributed by atoms with E-state index in [1.165, 1.54) is 5.56 Å². The van der Waals surface area contributed by atoms with Crippen LogP contribution in [0.1, 0.15) is 5.56 Å². The number of fused-ring (bicyclic) bond motifs is 1. The smallest absolute Gasteiger partial charge is 0.227 e. The van der Waals surface area contributed by atoms with E-state index in [2.05, 4.69) is 9.97 Å². The first kappa shape index (κ1) is 9.09. The van der Waals surface area contributed by atoms with Crippen LogP contribution in [-0.4, -0.2) is 9.97 Å². The molecule has 0 radical (unpaired) electrons. The highest BCUT2D eigenvalue weighted by molar-refractivity contribution is 5.76. The Kier molecular flexibility index (Phi) is 1.96. The topological polar surface area (TPSA) is 38.9 Å². The largest absolute Gasteiger partial charge is 0.436 e. The number of oxazole rings is 1. The zero-order valence-corrected chi connectivity index (χ0v) is 8.84. The van der Waals surface area contributed by atoms with E-state index in [0.29, 0.717) is 5.89 Å². The first-order chi connectivity index (χ1) is 7.83. The Morgan fingerprint density at radius 3 is 2.69 bits per heavy atom. The van der Waals surface area contributed by atoms with E-state index >= 15 is 0 Å². The fraction of sp³-hybridized carbons (Fsp3) is 0.0769. The van der Waals surface area contributed by atoms with E-state index in [1.807, 2.05) is 37.3 Å². The van der Waals surface area contributed by atoms with E-state index in [4.69, 9.17) is 4.42 Å². The van der Waals surface area contributed by atoms with Gasteiger partial charge in [-0.15, -0.1) is 0 Å². The Bertz CT molecular complexity index is 629. The molecule has 3 rings (SSSR count). The molecule has 3 heteroatoms.